The normalized spacial score (nSPS) is 14.2. The van der Waals surface area contributed by atoms with E-state index in [-0.39, 0.29) is 5.92 Å². The summed E-state index contributed by atoms with van der Waals surface area (Å²) < 4.78 is 11.1. The molecule has 2 N–H and O–H groups in total. The van der Waals surface area contributed by atoms with Crippen molar-refractivity contribution in [3.8, 4) is 11.5 Å². The van der Waals surface area contributed by atoms with E-state index < -0.39 is 0 Å². The lowest BCUT2D eigenvalue weighted by molar-refractivity contribution is 0.357. The molecule has 0 radical (unpaired) electrons. The Morgan fingerprint density at radius 2 is 2.07 bits per heavy atom. The van der Waals surface area contributed by atoms with Crippen LogP contribution in [0.15, 0.2) is 47.5 Å². The molecule has 1 unspecified atom stereocenters. The number of methoxy groups -OCH3 is 1. The number of para-hydroxylation sites is 1. The van der Waals surface area contributed by atoms with Crippen LogP contribution in [0.1, 0.15) is 36.5 Å². The van der Waals surface area contributed by atoms with E-state index in [0.717, 1.165) is 50.0 Å². The summed E-state index contributed by atoms with van der Waals surface area (Å²) in [6.45, 7) is 7.45. The molecule has 0 spiro atoms. The quantitative estimate of drug-likeness (QED) is 0.543. The number of benzene rings is 2. The Kier molecular flexibility index (Phi) is 7.18. The molecule has 0 amide bonds. The maximum Gasteiger partial charge on any atom is 0.191 e. The van der Waals surface area contributed by atoms with Crippen LogP contribution >= 0.6 is 0 Å². The molecule has 2 aromatic rings. The van der Waals surface area contributed by atoms with Crippen LogP contribution < -0.4 is 20.1 Å². The predicted octanol–water partition coefficient (Wildman–Crippen LogP) is 3.53. The smallest absolute Gasteiger partial charge is 0.191 e. The minimum absolute atomic E-state index is 0.281. The first-order valence-electron chi connectivity index (χ1n) is 10.1. The van der Waals surface area contributed by atoms with Gasteiger partial charge in [-0.3, -0.25) is 4.99 Å². The Morgan fingerprint density at radius 3 is 2.89 bits per heavy atom. The molecule has 5 heteroatoms. The lowest BCUT2D eigenvalue weighted by atomic mass is 10.0. The molecule has 3 rings (SSSR count). The summed E-state index contributed by atoms with van der Waals surface area (Å²) in [4.78, 5) is 4.77. The lowest BCUT2D eigenvalue weighted by Crippen LogP contribution is -2.38. The van der Waals surface area contributed by atoms with Crippen LogP contribution in [-0.2, 0) is 12.8 Å². The Labute approximate surface area is 168 Å². The summed E-state index contributed by atoms with van der Waals surface area (Å²) in [7, 11) is 1.71. The summed E-state index contributed by atoms with van der Waals surface area (Å²) in [5, 5.41) is 6.78. The van der Waals surface area contributed by atoms with Crippen molar-refractivity contribution in [2.45, 2.75) is 32.6 Å². The number of nitrogens with zero attached hydrogens (tertiary/aromatic N) is 1. The maximum absolute atomic E-state index is 5.58. The molecule has 2 aromatic carbocycles. The summed E-state index contributed by atoms with van der Waals surface area (Å²) in [5.74, 6) is 3.10. The lowest BCUT2D eigenvalue weighted by Gasteiger charge is -2.16. The van der Waals surface area contributed by atoms with Crippen molar-refractivity contribution < 1.29 is 9.47 Å². The highest BCUT2D eigenvalue weighted by atomic mass is 16.5. The van der Waals surface area contributed by atoms with Gasteiger partial charge in [-0.15, -0.1) is 0 Å². The van der Waals surface area contributed by atoms with Crippen LogP contribution in [0.25, 0.3) is 0 Å². The number of rotatable bonds is 8. The average molecular weight is 382 g/mol. The van der Waals surface area contributed by atoms with E-state index in [2.05, 4.69) is 48.7 Å². The topological polar surface area (TPSA) is 54.9 Å². The van der Waals surface area contributed by atoms with Gasteiger partial charge in [0.15, 0.2) is 5.96 Å². The van der Waals surface area contributed by atoms with E-state index >= 15 is 0 Å². The largest absolute Gasteiger partial charge is 0.496 e. The van der Waals surface area contributed by atoms with Crippen molar-refractivity contribution in [2.24, 2.45) is 4.99 Å². The van der Waals surface area contributed by atoms with Gasteiger partial charge >= 0.3 is 0 Å². The van der Waals surface area contributed by atoms with E-state index in [1.807, 2.05) is 18.2 Å². The molecular weight excluding hydrogens is 350 g/mol. The Balaban J connectivity index is 1.55. The molecule has 1 heterocycles. The van der Waals surface area contributed by atoms with Gasteiger partial charge in [-0.05, 0) is 42.2 Å². The van der Waals surface area contributed by atoms with Crippen LogP contribution in [0, 0.1) is 0 Å². The zero-order valence-corrected chi connectivity index (χ0v) is 17.1. The molecule has 0 fully saturated rings. The summed E-state index contributed by atoms with van der Waals surface area (Å²) in [6.07, 6.45) is 1.97. The molecule has 0 aromatic heterocycles. The summed E-state index contributed by atoms with van der Waals surface area (Å²) in [6, 6.07) is 14.7. The monoisotopic (exact) mass is 381 g/mol. The van der Waals surface area contributed by atoms with Crippen molar-refractivity contribution in [2.75, 3.05) is 33.4 Å². The molecule has 0 aliphatic carbocycles. The van der Waals surface area contributed by atoms with E-state index in [4.69, 9.17) is 14.5 Å². The van der Waals surface area contributed by atoms with Crippen molar-refractivity contribution in [1.82, 2.24) is 10.6 Å². The van der Waals surface area contributed by atoms with Gasteiger partial charge in [0.2, 0.25) is 0 Å². The molecule has 28 heavy (non-hydrogen) atoms. The van der Waals surface area contributed by atoms with Gasteiger partial charge in [0.05, 0.1) is 13.7 Å². The fourth-order valence-electron chi connectivity index (χ4n) is 3.46. The molecular formula is C23H31N3O2. The second-order valence-electron chi connectivity index (χ2n) is 7.08. The molecule has 5 nitrogen and oxygen atoms in total. The Hall–Kier alpha value is -2.69. The summed E-state index contributed by atoms with van der Waals surface area (Å²) in [5.41, 5.74) is 3.84. The third-order valence-corrected chi connectivity index (χ3v) is 5.00. The van der Waals surface area contributed by atoms with Gasteiger partial charge in [0.1, 0.15) is 11.5 Å². The number of ether oxygens (including phenoxy) is 2. The SMILES string of the molecule is CCNC(=NCC(C)c1ccccc1OC)NCCc1ccc2c(c1)CCO2. The number of hydrogen-bond acceptors (Lipinski definition) is 3. The standard InChI is InChI=1S/C23H31N3O2/c1-4-24-23(26-16-17(2)20-7-5-6-8-22(20)27-3)25-13-11-18-9-10-21-19(15-18)12-14-28-21/h5-10,15,17H,4,11-14,16H2,1-3H3,(H2,24,25,26). The molecule has 0 saturated heterocycles. The van der Waals surface area contributed by atoms with Crippen molar-refractivity contribution in [1.29, 1.82) is 0 Å². The second-order valence-corrected chi connectivity index (χ2v) is 7.08. The van der Waals surface area contributed by atoms with E-state index in [0.29, 0.717) is 6.54 Å². The molecule has 0 bridgehead atoms. The minimum Gasteiger partial charge on any atom is -0.496 e. The first kappa shape index (κ1) is 20.1. The van der Waals surface area contributed by atoms with Crippen molar-refractivity contribution in [3.63, 3.8) is 0 Å². The Bertz CT molecular complexity index is 804. The van der Waals surface area contributed by atoms with Gasteiger partial charge in [-0.2, -0.15) is 0 Å². The van der Waals surface area contributed by atoms with Gasteiger partial charge in [-0.25, -0.2) is 0 Å². The number of fused-ring (bicyclic) bond motifs is 1. The fourth-order valence-corrected chi connectivity index (χ4v) is 3.46. The fraction of sp³-hybridized carbons (Fsp3) is 0.435. The van der Waals surface area contributed by atoms with Crippen LogP contribution in [-0.4, -0.2) is 39.3 Å². The van der Waals surface area contributed by atoms with Crippen LogP contribution in [0.5, 0.6) is 11.5 Å². The van der Waals surface area contributed by atoms with Gasteiger partial charge < -0.3 is 20.1 Å². The molecule has 1 aliphatic heterocycles. The van der Waals surface area contributed by atoms with Crippen LogP contribution in [0.4, 0.5) is 0 Å². The number of nitrogens with one attached hydrogen (secondary N) is 2. The molecule has 1 aliphatic rings. The number of guanidine groups is 1. The molecule has 0 saturated carbocycles. The first-order valence-corrected chi connectivity index (χ1v) is 10.1. The third-order valence-electron chi connectivity index (χ3n) is 5.00. The Morgan fingerprint density at radius 1 is 1.21 bits per heavy atom. The molecule has 1 atom stereocenters. The van der Waals surface area contributed by atoms with E-state index in [1.54, 1.807) is 7.11 Å². The second kappa shape index (κ2) is 10.0. The minimum atomic E-state index is 0.281. The van der Waals surface area contributed by atoms with Crippen molar-refractivity contribution >= 4 is 5.96 Å². The number of hydrogen-bond donors (Lipinski definition) is 2. The van der Waals surface area contributed by atoms with Gasteiger partial charge in [0.25, 0.3) is 0 Å². The summed E-state index contributed by atoms with van der Waals surface area (Å²) >= 11 is 0. The van der Waals surface area contributed by atoms with E-state index in [1.165, 1.54) is 16.7 Å². The highest BCUT2D eigenvalue weighted by Gasteiger charge is 2.12. The van der Waals surface area contributed by atoms with Gasteiger partial charge in [0, 0.05) is 32.0 Å². The number of aliphatic imine (C=N–C) groups is 1. The first-order chi connectivity index (χ1) is 13.7. The zero-order valence-electron chi connectivity index (χ0n) is 17.1. The average Bonchev–Trinajstić information content (AvgIpc) is 3.19. The highest BCUT2D eigenvalue weighted by molar-refractivity contribution is 5.79. The highest BCUT2D eigenvalue weighted by Crippen LogP contribution is 2.27. The van der Waals surface area contributed by atoms with Gasteiger partial charge in [-0.1, -0.05) is 37.3 Å². The van der Waals surface area contributed by atoms with Crippen LogP contribution in [0.3, 0.4) is 0 Å². The maximum atomic E-state index is 5.58. The third kappa shape index (κ3) is 5.18. The zero-order chi connectivity index (χ0) is 19.8. The van der Waals surface area contributed by atoms with Crippen LogP contribution in [0.2, 0.25) is 0 Å². The predicted molar refractivity (Wildman–Crippen MR) is 115 cm³/mol. The van der Waals surface area contributed by atoms with Crippen molar-refractivity contribution in [3.05, 3.63) is 59.2 Å². The van der Waals surface area contributed by atoms with E-state index in [9.17, 15) is 0 Å². The molecule has 150 valence electrons.